The van der Waals surface area contributed by atoms with Gasteiger partial charge in [-0.15, -0.1) is 0 Å². The standard InChI is InChI=1S/C8H19NO/c1-6(2)7(3)5-10-8(4)9/h6-8H,5,9H2,1-4H3. The molecule has 0 aliphatic carbocycles. The monoisotopic (exact) mass is 145 g/mol. The lowest BCUT2D eigenvalue weighted by molar-refractivity contribution is 0.0376. The minimum atomic E-state index is -0.124. The van der Waals surface area contributed by atoms with Crippen molar-refractivity contribution in [2.75, 3.05) is 6.61 Å². The first kappa shape index (κ1) is 9.92. The summed E-state index contributed by atoms with van der Waals surface area (Å²) in [7, 11) is 0. The first-order valence-corrected chi connectivity index (χ1v) is 3.91. The lowest BCUT2D eigenvalue weighted by Crippen LogP contribution is -2.23. The molecule has 0 saturated heterocycles. The highest BCUT2D eigenvalue weighted by Crippen LogP contribution is 2.09. The average molecular weight is 145 g/mol. The zero-order valence-electron chi connectivity index (χ0n) is 7.42. The van der Waals surface area contributed by atoms with Crippen LogP contribution in [0.25, 0.3) is 0 Å². The van der Waals surface area contributed by atoms with Crippen LogP contribution in [0, 0.1) is 11.8 Å². The smallest absolute Gasteiger partial charge is 0.102 e. The van der Waals surface area contributed by atoms with Crippen molar-refractivity contribution in [1.29, 1.82) is 0 Å². The van der Waals surface area contributed by atoms with Gasteiger partial charge in [0.2, 0.25) is 0 Å². The lowest BCUT2D eigenvalue weighted by atomic mass is 9.99. The molecule has 0 bridgehead atoms. The van der Waals surface area contributed by atoms with Crippen LogP contribution in [-0.2, 0) is 4.74 Å². The quantitative estimate of drug-likeness (QED) is 0.610. The molecule has 2 unspecified atom stereocenters. The van der Waals surface area contributed by atoms with Gasteiger partial charge in [-0.3, -0.25) is 0 Å². The Kier molecular flexibility index (Phi) is 4.65. The summed E-state index contributed by atoms with van der Waals surface area (Å²) in [6.45, 7) is 9.18. The van der Waals surface area contributed by atoms with Crippen LogP contribution in [0.2, 0.25) is 0 Å². The van der Waals surface area contributed by atoms with Gasteiger partial charge in [-0.05, 0) is 18.8 Å². The summed E-state index contributed by atoms with van der Waals surface area (Å²) in [5.41, 5.74) is 5.42. The first-order valence-electron chi connectivity index (χ1n) is 3.91. The van der Waals surface area contributed by atoms with Crippen LogP contribution in [0.4, 0.5) is 0 Å². The molecule has 0 radical (unpaired) electrons. The van der Waals surface area contributed by atoms with E-state index in [9.17, 15) is 0 Å². The maximum atomic E-state index is 5.42. The summed E-state index contributed by atoms with van der Waals surface area (Å²) in [5, 5.41) is 0. The van der Waals surface area contributed by atoms with E-state index in [1.165, 1.54) is 0 Å². The van der Waals surface area contributed by atoms with Crippen LogP contribution >= 0.6 is 0 Å². The van der Waals surface area contributed by atoms with Crippen molar-refractivity contribution in [3.05, 3.63) is 0 Å². The summed E-state index contributed by atoms with van der Waals surface area (Å²) in [4.78, 5) is 0. The Hall–Kier alpha value is -0.0800. The molecule has 0 rings (SSSR count). The van der Waals surface area contributed by atoms with Gasteiger partial charge in [0.05, 0.1) is 6.61 Å². The minimum absolute atomic E-state index is 0.124. The molecule has 0 fully saturated rings. The van der Waals surface area contributed by atoms with E-state index < -0.39 is 0 Å². The molecule has 0 saturated carbocycles. The van der Waals surface area contributed by atoms with Crippen molar-refractivity contribution in [2.24, 2.45) is 17.6 Å². The van der Waals surface area contributed by atoms with Gasteiger partial charge in [0.25, 0.3) is 0 Å². The van der Waals surface area contributed by atoms with Gasteiger partial charge >= 0.3 is 0 Å². The Morgan fingerprint density at radius 3 is 2.00 bits per heavy atom. The Morgan fingerprint density at radius 1 is 1.20 bits per heavy atom. The van der Waals surface area contributed by atoms with E-state index in [0.29, 0.717) is 11.8 Å². The maximum absolute atomic E-state index is 5.42. The number of nitrogens with two attached hydrogens (primary N) is 1. The van der Waals surface area contributed by atoms with Crippen molar-refractivity contribution in [3.8, 4) is 0 Å². The van der Waals surface area contributed by atoms with Crippen LogP contribution < -0.4 is 5.73 Å². The van der Waals surface area contributed by atoms with Gasteiger partial charge in [-0.25, -0.2) is 0 Å². The van der Waals surface area contributed by atoms with E-state index >= 15 is 0 Å². The van der Waals surface area contributed by atoms with Gasteiger partial charge in [0, 0.05) is 0 Å². The summed E-state index contributed by atoms with van der Waals surface area (Å²) >= 11 is 0. The van der Waals surface area contributed by atoms with E-state index in [1.54, 1.807) is 0 Å². The molecule has 2 N–H and O–H groups in total. The topological polar surface area (TPSA) is 35.2 Å². The molecular weight excluding hydrogens is 126 g/mol. The Bertz CT molecular complexity index is 81.3. The van der Waals surface area contributed by atoms with Gasteiger partial charge in [0.15, 0.2) is 0 Å². The molecular formula is C8H19NO. The molecule has 0 amide bonds. The molecule has 0 aromatic heterocycles. The SMILES string of the molecule is CC(N)OCC(C)C(C)C. The third-order valence-electron chi connectivity index (χ3n) is 1.76. The van der Waals surface area contributed by atoms with Crippen LogP contribution in [0.15, 0.2) is 0 Å². The highest BCUT2D eigenvalue weighted by molar-refractivity contribution is 4.55. The number of hydrogen-bond donors (Lipinski definition) is 1. The fourth-order valence-electron chi connectivity index (χ4n) is 0.496. The van der Waals surface area contributed by atoms with Gasteiger partial charge < -0.3 is 10.5 Å². The summed E-state index contributed by atoms with van der Waals surface area (Å²) in [6, 6.07) is 0. The average Bonchev–Trinajstić information content (AvgIpc) is 1.82. The molecule has 62 valence electrons. The maximum Gasteiger partial charge on any atom is 0.102 e. The van der Waals surface area contributed by atoms with Crippen LogP contribution in [0.3, 0.4) is 0 Å². The van der Waals surface area contributed by atoms with E-state index in [4.69, 9.17) is 10.5 Å². The lowest BCUT2D eigenvalue weighted by Gasteiger charge is -2.16. The number of hydrogen-bond acceptors (Lipinski definition) is 2. The fraction of sp³-hybridized carbons (Fsp3) is 1.00. The summed E-state index contributed by atoms with van der Waals surface area (Å²) in [5.74, 6) is 1.28. The second-order valence-electron chi connectivity index (χ2n) is 3.26. The molecule has 0 heterocycles. The van der Waals surface area contributed by atoms with Crippen molar-refractivity contribution < 1.29 is 4.74 Å². The first-order chi connectivity index (χ1) is 4.54. The van der Waals surface area contributed by atoms with Crippen LogP contribution in [0.1, 0.15) is 27.7 Å². The largest absolute Gasteiger partial charge is 0.364 e. The van der Waals surface area contributed by atoms with Crippen molar-refractivity contribution in [3.63, 3.8) is 0 Å². The zero-order valence-corrected chi connectivity index (χ0v) is 7.42. The molecule has 2 atom stereocenters. The second kappa shape index (κ2) is 4.69. The molecule has 0 aliphatic rings. The second-order valence-corrected chi connectivity index (χ2v) is 3.26. The molecule has 2 nitrogen and oxygen atoms in total. The number of ether oxygens (including phenoxy) is 1. The van der Waals surface area contributed by atoms with E-state index in [2.05, 4.69) is 20.8 Å². The van der Waals surface area contributed by atoms with E-state index in [0.717, 1.165) is 6.61 Å². The van der Waals surface area contributed by atoms with Crippen molar-refractivity contribution >= 4 is 0 Å². The van der Waals surface area contributed by atoms with Crippen molar-refractivity contribution in [1.82, 2.24) is 0 Å². The Balaban J connectivity index is 3.30. The Labute approximate surface area is 63.7 Å². The number of rotatable bonds is 4. The molecule has 0 aromatic carbocycles. The van der Waals surface area contributed by atoms with E-state index in [1.807, 2.05) is 6.92 Å². The highest BCUT2D eigenvalue weighted by Gasteiger charge is 2.07. The fourth-order valence-corrected chi connectivity index (χ4v) is 0.496. The molecule has 2 heteroatoms. The molecule has 0 spiro atoms. The van der Waals surface area contributed by atoms with Gasteiger partial charge in [-0.2, -0.15) is 0 Å². The van der Waals surface area contributed by atoms with Crippen molar-refractivity contribution in [2.45, 2.75) is 33.9 Å². The van der Waals surface area contributed by atoms with Gasteiger partial charge in [-0.1, -0.05) is 20.8 Å². The highest BCUT2D eigenvalue weighted by atomic mass is 16.5. The van der Waals surface area contributed by atoms with Crippen LogP contribution in [0.5, 0.6) is 0 Å². The predicted molar refractivity (Wildman–Crippen MR) is 43.6 cm³/mol. The summed E-state index contributed by atoms with van der Waals surface area (Å²) < 4.78 is 5.24. The van der Waals surface area contributed by atoms with Crippen LogP contribution in [-0.4, -0.2) is 12.8 Å². The van der Waals surface area contributed by atoms with E-state index in [-0.39, 0.29) is 6.23 Å². The molecule has 10 heavy (non-hydrogen) atoms. The minimum Gasteiger partial charge on any atom is -0.364 e. The summed E-state index contributed by atoms with van der Waals surface area (Å²) in [6.07, 6.45) is -0.124. The zero-order chi connectivity index (χ0) is 8.15. The normalized spacial score (nSPS) is 17.4. The predicted octanol–water partition coefficient (Wildman–Crippen LogP) is 1.60. The third kappa shape index (κ3) is 4.77. The molecule has 0 aliphatic heterocycles. The third-order valence-corrected chi connectivity index (χ3v) is 1.76. The van der Waals surface area contributed by atoms with Gasteiger partial charge in [0.1, 0.15) is 6.23 Å². The Morgan fingerprint density at radius 2 is 1.70 bits per heavy atom. The molecule has 0 aromatic rings.